The van der Waals surface area contributed by atoms with Crippen molar-refractivity contribution in [2.75, 3.05) is 19.7 Å². The zero-order valence-electron chi connectivity index (χ0n) is 19.4. The van der Waals surface area contributed by atoms with E-state index in [0.717, 1.165) is 31.2 Å². The summed E-state index contributed by atoms with van der Waals surface area (Å²) in [5, 5.41) is 0. The third-order valence-electron chi connectivity index (χ3n) is 6.89. The lowest BCUT2D eigenvalue weighted by Gasteiger charge is -2.31. The normalized spacial score (nSPS) is 20.5. The molecule has 1 saturated heterocycles. The second kappa shape index (κ2) is 9.87. The number of hydrazine groups is 1. The first kappa shape index (κ1) is 23.6. The third-order valence-corrected chi connectivity index (χ3v) is 8.79. The van der Waals surface area contributed by atoms with Crippen LogP contribution in [-0.4, -0.2) is 50.3 Å². The van der Waals surface area contributed by atoms with Crippen LogP contribution in [0.1, 0.15) is 36.8 Å². The first-order valence-electron chi connectivity index (χ1n) is 12.0. The minimum Gasteiger partial charge on any atom is -0.485 e. The Labute approximate surface area is 204 Å². The van der Waals surface area contributed by atoms with Crippen LogP contribution in [0.4, 0.5) is 0 Å². The molecular weight excluding hydrogens is 470 g/mol. The van der Waals surface area contributed by atoms with Gasteiger partial charge in [0, 0.05) is 19.0 Å². The molecule has 2 aromatic carbocycles. The standard InChI is InChI=1S/C25H29N3O6S/c29-24(26-27-25(30)23-16-33-21-7-3-4-8-22(21)34-23)18-11-13-28(14-12-18)35(31,32)20-10-9-17-5-1-2-6-19(17)15-20/h3-4,7-10,15,18,23H,1-2,5-6,11-14,16H2,(H,26,29)(H,27,30). The fourth-order valence-corrected chi connectivity index (χ4v) is 6.35. The number of fused-ring (bicyclic) bond motifs is 2. The van der Waals surface area contributed by atoms with E-state index >= 15 is 0 Å². The molecule has 0 saturated carbocycles. The molecule has 1 unspecified atom stereocenters. The van der Waals surface area contributed by atoms with Gasteiger partial charge in [0.05, 0.1) is 4.90 Å². The Morgan fingerprint density at radius 3 is 2.34 bits per heavy atom. The van der Waals surface area contributed by atoms with E-state index < -0.39 is 28.0 Å². The molecule has 2 heterocycles. The molecule has 5 rings (SSSR count). The molecule has 1 fully saturated rings. The average molecular weight is 500 g/mol. The van der Waals surface area contributed by atoms with Gasteiger partial charge in [0.1, 0.15) is 6.61 Å². The predicted molar refractivity (Wildman–Crippen MR) is 127 cm³/mol. The predicted octanol–water partition coefficient (Wildman–Crippen LogP) is 1.95. The van der Waals surface area contributed by atoms with Crippen LogP contribution >= 0.6 is 0 Å². The number of hydrogen-bond acceptors (Lipinski definition) is 6. The fourth-order valence-electron chi connectivity index (χ4n) is 4.83. The van der Waals surface area contributed by atoms with E-state index in [0.29, 0.717) is 29.2 Å². The van der Waals surface area contributed by atoms with E-state index in [2.05, 4.69) is 10.9 Å². The third kappa shape index (κ3) is 4.99. The summed E-state index contributed by atoms with van der Waals surface area (Å²) in [6.45, 7) is 0.543. The number of aryl methyl sites for hydroxylation is 2. The molecule has 186 valence electrons. The van der Waals surface area contributed by atoms with Gasteiger partial charge in [-0.05, 0) is 73.9 Å². The monoisotopic (exact) mass is 499 g/mol. The van der Waals surface area contributed by atoms with Gasteiger partial charge in [-0.25, -0.2) is 8.42 Å². The number of piperidine rings is 1. The molecule has 10 heteroatoms. The average Bonchev–Trinajstić information content (AvgIpc) is 2.91. The summed E-state index contributed by atoms with van der Waals surface area (Å²) >= 11 is 0. The van der Waals surface area contributed by atoms with E-state index in [4.69, 9.17) is 9.47 Å². The summed E-state index contributed by atoms with van der Waals surface area (Å²) < 4.78 is 39.0. The van der Waals surface area contributed by atoms with Crippen molar-refractivity contribution in [1.29, 1.82) is 0 Å². The van der Waals surface area contributed by atoms with Crippen LogP contribution in [0.2, 0.25) is 0 Å². The van der Waals surface area contributed by atoms with Crippen molar-refractivity contribution < 1.29 is 27.5 Å². The molecule has 1 aliphatic carbocycles. The van der Waals surface area contributed by atoms with Crippen LogP contribution in [0.15, 0.2) is 47.4 Å². The lowest BCUT2D eigenvalue weighted by atomic mass is 9.92. The first-order chi connectivity index (χ1) is 16.9. The second-order valence-electron chi connectivity index (χ2n) is 9.16. The van der Waals surface area contributed by atoms with Crippen molar-refractivity contribution in [3.05, 3.63) is 53.6 Å². The Balaban J connectivity index is 1.12. The van der Waals surface area contributed by atoms with Crippen molar-refractivity contribution >= 4 is 21.8 Å². The molecular formula is C25H29N3O6S. The zero-order valence-corrected chi connectivity index (χ0v) is 20.2. The number of sulfonamides is 1. The molecule has 2 amide bonds. The van der Waals surface area contributed by atoms with Gasteiger partial charge < -0.3 is 9.47 Å². The van der Waals surface area contributed by atoms with E-state index in [1.54, 1.807) is 24.3 Å². The van der Waals surface area contributed by atoms with Gasteiger partial charge in [0.25, 0.3) is 5.91 Å². The minimum atomic E-state index is -3.61. The van der Waals surface area contributed by atoms with Crippen molar-refractivity contribution in [3.63, 3.8) is 0 Å². The van der Waals surface area contributed by atoms with Crippen LogP contribution in [0, 0.1) is 5.92 Å². The Kier molecular flexibility index (Phi) is 6.66. The maximum absolute atomic E-state index is 13.2. The molecule has 2 aromatic rings. The molecule has 0 bridgehead atoms. The zero-order chi connectivity index (χ0) is 24.4. The minimum absolute atomic E-state index is 0.0393. The number of rotatable bonds is 4. The van der Waals surface area contributed by atoms with E-state index in [1.165, 1.54) is 9.87 Å². The lowest BCUT2D eigenvalue weighted by Crippen LogP contribution is -2.53. The van der Waals surface area contributed by atoms with Gasteiger partial charge >= 0.3 is 0 Å². The van der Waals surface area contributed by atoms with Gasteiger partial charge in [0.2, 0.25) is 22.0 Å². The summed E-state index contributed by atoms with van der Waals surface area (Å²) in [4.78, 5) is 25.3. The Bertz CT molecular complexity index is 1220. The van der Waals surface area contributed by atoms with Crippen LogP contribution in [0.3, 0.4) is 0 Å². The maximum Gasteiger partial charge on any atom is 0.283 e. The summed E-state index contributed by atoms with van der Waals surface area (Å²) in [6, 6.07) is 12.5. The molecule has 0 radical (unpaired) electrons. The van der Waals surface area contributed by atoms with Gasteiger partial charge in [-0.15, -0.1) is 0 Å². The lowest BCUT2D eigenvalue weighted by molar-refractivity contribution is -0.136. The highest BCUT2D eigenvalue weighted by Gasteiger charge is 2.33. The van der Waals surface area contributed by atoms with Gasteiger partial charge in [-0.2, -0.15) is 4.31 Å². The largest absolute Gasteiger partial charge is 0.485 e. The number of amides is 2. The van der Waals surface area contributed by atoms with Crippen LogP contribution in [0.5, 0.6) is 11.5 Å². The number of para-hydroxylation sites is 2. The number of nitrogens with zero attached hydrogens (tertiary/aromatic N) is 1. The van der Waals surface area contributed by atoms with Crippen molar-refractivity contribution in [2.45, 2.75) is 49.5 Å². The SMILES string of the molecule is O=C(NNC(=O)C1COc2ccccc2O1)C1CCN(S(=O)(=O)c2ccc3c(c2)CCCC3)CC1. The molecule has 3 aliphatic rings. The highest BCUT2D eigenvalue weighted by atomic mass is 32.2. The Morgan fingerprint density at radius 1 is 0.886 bits per heavy atom. The summed E-state index contributed by atoms with van der Waals surface area (Å²) in [6.07, 6.45) is 4.02. The summed E-state index contributed by atoms with van der Waals surface area (Å²) in [5.74, 6) is -0.216. The Morgan fingerprint density at radius 2 is 1.57 bits per heavy atom. The topological polar surface area (TPSA) is 114 Å². The van der Waals surface area contributed by atoms with Crippen molar-refractivity contribution in [3.8, 4) is 11.5 Å². The summed E-state index contributed by atoms with van der Waals surface area (Å²) in [5.41, 5.74) is 7.21. The molecule has 0 spiro atoms. The smallest absolute Gasteiger partial charge is 0.283 e. The molecule has 1 atom stereocenters. The van der Waals surface area contributed by atoms with E-state index in [9.17, 15) is 18.0 Å². The number of carbonyl (C=O) groups excluding carboxylic acids is 2. The van der Waals surface area contributed by atoms with E-state index in [1.807, 2.05) is 18.2 Å². The number of nitrogens with one attached hydrogen (secondary N) is 2. The first-order valence-corrected chi connectivity index (χ1v) is 13.5. The maximum atomic E-state index is 13.2. The number of ether oxygens (including phenoxy) is 2. The molecule has 9 nitrogen and oxygen atoms in total. The number of carbonyl (C=O) groups is 2. The molecule has 0 aromatic heterocycles. The molecule has 2 N–H and O–H groups in total. The van der Waals surface area contributed by atoms with Crippen molar-refractivity contribution in [2.24, 2.45) is 5.92 Å². The Hall–Kier alpha value is -3.11. The number of hydrogen-bond donors (Lipinski definition) is 2. The highest BCUT2D eigenvalue weighted by molar-refractivity contribution is 7.89. The van der Waals surface area contributed by atoms with Gasteiger partial charge in [-0.3, -0.25) is 20.4 Å². The second-order valence-corrected chi connectivity index (χ2v) is 11.1. The van der Waals surface area contributed by atoms with Gasteiger partial charge in [-0.1, -0.05) is 18.2 Å². The molecule has 35 heavy (non-hydrogen) atoms. The van der Waals surface area contributed by atoms with Gasteiger partial charge in [0.15, 0.2) is 11.5 Å². The highest BCUT2D eigenvalue weighted by Crippen LogP contribution is 2.31. The molecule has 2 aliphatic heterocycles. The van der Waals surface area contributed by atoms with Crippen LogP contribution < -0.4 is 20.3 Å². The fraction of sp³-hybridized carbons (Fsp3) is 0.440. The van der Waals surface area contributed by atoms with Crippen LogP contribution in [-0.2, 0) is 32.5 Å². The van der Waals surface area contributed by atoms with E-state index in [-0.39, 0.29) is 25.6 Å². The van der Waals surface area contributed by atoms with Crippen molar-refractivity contribution in [1.82, 2.24) is 15.2 Å². The number of benzene rings is 2. The quantitative estimate of drug-likeness (QED) is 0.622. The van der Waals surface area contributed by atoms with Crippen LogP contribution in [0.25, 0.3) is 0 Å². The summed E-state index contributed by atoms with van der Waals surface area (Å²) in [7, 11) is -3.61.